The number of amides is 1. The minimum absolute atomic E-state index is 0.0806. The van der Waals surface area contributed by atoms with Gasteiger partial charge in [0.1, 0.15) is 0 Å². The summed E-state index contributed by atoms with van der Waals surface area (Å²) in [4.78, 5) is 27.5. The number of methoxy groups -OCH3 is 1. The highest BCUT2D eigenvalue weighted by Crippen LogP contribution is 2.24. The number of nitrogen functional groups attached to an aromatic ring is 1. The van der Waals surface area contributed by atoms with Crippen molar-refractivity contribution in [2.24, 2.45) is 0 Å². The first-order chi connectivity index (χ1) is 10.0. The molecule has 0 atom stereocenters. The number of ether oxygens (including phenoxy) is 1. The van der Waals surface area contributed by atoms with E-state index in [-0.39, 0.29) is 27.7 Å². The molecule has 2 rings (SSSR count). The standard InChI is InChI=1S/C14H12ClN3O3/c1-21-14(20)8-4-5-9(15)11(7-8)18-13(19)12-10(16)3-2-6-17-12/h2-7H,16H2,1H3,(H,18,19). The second-order valence-electron chi connectivity index (χ2n) is 4.08. The fourth-order valence-corrected chi connectivity index (χ4v) is 1.82. The predicted molar refractivity (Wildman–Crippen MR) is 79.4 cm³/mol. The summed E-state index contributed by atoms with van der Waals surface area (Å²) >= 11 is 6.00. The Labute approximate surface area is 125 Å². The van der Waals surface area contributed by atoms with Crippen LogP contribution >= 0.6 is 11.6 Å². The second-order valence-corrected chi connectivity index (χ2v) is 4.49. The number of hydrogen-bond acceptors (Lipinski definition) is 5. The highest BCUT2D eigenvalue weighted by atomic mass is 35.5. The molecule has 0 fully saturated rings. The van der Waals surface area contributed by atoms with E-state index < -0.39 is 11.9 Å². The molecule has 1 aromatic heterocycles. The smallest absolute Gasteiger partial charge is 0.337 e. The zero-order chi connectivity index (χ0) is 15.4. The molecule has 0 spiro atoms. The van der Waals surface area contributed by atoms with Crippen molar-refractivity contribution in [1.29, 1.82) is 0 Å². The van der Waals surface area contributed by atoms with Crippen LogP contribution in [0.15, 0.2) is 36.5 Å². The van der Waals surface area contributed by atoms with Crippen molar-refractivity contribution >= 4 is 34.9 Å². The summed E-state index contributed by atoms with van der Waals surface area (Å²) in [5.74, 6) is -1.04. The fraction of sp³-hybridized carbons (Fsp3) is 0.0714. The Morgan fingerprint density at radius 3 is 2.76 bits per heavy atom. The number of pyridine rings is 1. The van der Waals surface area contributed by atoms with E-state index in [1.165, 1.54) is 31.5 Å². The van der Waals surface area contributed by atoms with Crippen molar-refractivity contribution in [2.45, 2.75) is 0 Å². The van der Waals surface area contributed by atoms with Gasteiger partial charge in [-0.15, -0.1) is 0 Å². The molecule has 7 heteroatoms. The molecular weight excluding hydrogens is 294 g/mol. The number of nitrogens with zero attached hydrogens (tertiary/aromatic N) is 1. The first-order valence-corrected chi connectivity index (χ1v) is 6.30. The molecule has 6 nitrogen and oxygen atoms in total. The zero-order valence-corrected chi connectivity index (χ0v) is 11.8. The second kappa shape index (κ2) is 6.23. The molecule has 0 aliphatic heterocycles. The van der Waals surface area contributed by atoms with Gasteiger partial charge in [0.25, 0.3) is 5.91 Å². The third-order valence-corrected chi connectivity index (χ3v) is 3.02. The summed E-state index contributed by atoms with van der Waals surface area (Å²) in [6.07, 6.45) is 1.46. The van der Waals surface area contributed by atoms with Crippen molar-refractivity contribution < 1.29 is 14.3 Å². The van der Waals surface area contributed by atoms with Crippen LogP contribution in [0.2, 0.25) is 5.02 Å². The molecule has 0 aliphatic carbocycles. The van der Waals surface area contributed by atoms with E-state index in [4.69, 9.17) is 17.3 Å². The normalized spacial score (nSPS) is 10.0. The third kappa shape index (κ3) is 3.29. The molecule has 0 saturated heterocycles. The Balaban J connectivity index is 2.29. The number of carbonyl (C=O) groups excluding carboxylic acids is 2. The number of nitrogens with one attached hydrogen (secondary N) is 1. The summed E-state index contributed by atoms with van der Waals surface area (Å²) in [6, 6.07) is 7.60. The highest BCUT2D eigenvalue weighted by Gasteiger charge is 2.14. The number of rotatable bonds is 3. The molecule has 0 aliphatic rings. The van der Waals surface area contributed by atoms with E-state index in [0.29, 0.717) is 0 Å². The van der Waals surface area contributed by atoms with Crippen LogP contribution in [-0.4, -0.2) is 24.0 Å². The van der Waals surface area contributed by atoms with Crippen molar-refractivity contribution in [3.8, 4) is 0 Å². The number of esters is 1. The van der Waals surface area contributed by atoms with Crippen LogP contribution in [0.25, 0.3) is 0 Å². The number of hydrogen-bond donors (Lipinski definition) is 2. The minimum Gasteiger partial charge on any atom is -0.465 e. The predicted octanol–water partition coefficient (Wildman–Crippen LogP) is 2.36. The van der Waals surface area contributed by atoms with Crippen LogP contribution in [0.3, 0.4) is 0 Å². The van der Waals surface area contributed by atoms with Crippen LogP contribution in [0.1, 0.15) is 20.8 Å². The number of anilines is 2. The lowest BCUT2D eigenvalue weighted by Crippen LogP contribution is -2.16. The lowest BCUT2D eigenvalue weighted by atomic mass is 10.2. The summed E-state index contributed by atoms with van der Waals surface area (Å²) in [6.45, 7) is 0. The van der Waals surface area contributed by atoms with Gasteiger partial charge in [0.05, 0.1) is 29.1 Å². The Hall–Kier alpha value is -2.60. The molecule has 3 N–H and O–H groups in total. The van der Waals surface area contributed by atoms with Crippen molar-refractivity contribution in [3.63, 3.8) is 0 Å². The van der Waals surface area contributed by atoms with E-state index in [0.717, 1.165) is 0 Å². The van der Waals surface area contributed by atoms with Crippen molar-refractivity contribution in [1.82, 2.24) is 4.98 Å². The van der Waals surface area contributed by atoms with Crippen LogP contribution in [0, 0.1) is 0 Å². The molecule has 21 heavy (non-hydrogen) atoms. The Morgan fingerprint density at radius 2 is 2.10 bits per heavy atom. The van der Waals surface area contributed by atoms with Gasteiger partial charge in [-0.05, 0) is 30.3 Å². The van der Waals surface area contributed by atoms with Gasteiger partial charge in [-0.1, -0.05) is 11.6 Å². The van der Waals surface area contributed by atoms with E-state index in [1.807, 2.05) is 0 Å². The molecule has 0 saturated carbocycles. The van der Waals surface area contributed by atoms with Crippen molar-refractivity contribution in [3.05, 3.63) is 52.8 Å². The molecule has 2 aromatic rings. The van der Waals surface area contributed by atoms with Gasteiger partial charge < -0.3 is 15.8 Å². The van der Waals surface area contributed by atoms with E-state index in [2.05, 4.69) is 15.0 Å². The largest absolute Gasteiger partial charge is 0.465 e. The topological polar surface area (TPSA) is 94.3 Å². The Bertz CT molecular complexity index is 704. The fourth-order valence-electron chi connectivity index (χ4n) is 1.65. The van der Waals surface area contributed by atoms with Crippen LogP contribution in [-0.2, 0) is 4.74 Å². The first kappa shape index (κ1) is 14.8. The van der Waals surface area contributed by atoms with E-state index in [1.54, 1.807) is 12.1 Å². The van der Waals surface area contributed by atoms with Gasteiger partial charge in [0.2, 0.25) is 0 Å². The lowest BCUT2D eigenvalue weighted by molar-refractivity contribution is 0.0600. The Morgan fingerprint density at radius 1 is 1.33 bits per heavy atom. The molecule has 0 unspecified atom stereocenters. The molecule has 1 heterocycles. The van der Waals surface area contributed by atoms with Gasteiger partial charge in [-0.2, -0.15) is 0 Å². The summed E-state index contributed by atoms with van der Waals surface area (Å²) in [7, 11) is 1.27. The van der Waals surface area contributed by atoms with Gasteiger partial charge >= 0.3 is 5.97 Å². The molecule has 108 valence electrons. The molecule has 0 radical (unpaired) electrons. The summed E-state index contributed by atoms with van der Waals surface area (Å²) < 4.78 is 4.61. The van der Waals surface area contributed by atoms with Crippen molar-refractivity contribution in [2.75, 3.05) is 18.2 Å². The zero-order valence-electron chi connectivity index (χ0n) is 11.1. The number of carbonyl (C=O) groups is 2. The van der Waals surface area contributed by atoms with E-state index >= 15 is 0 Å². The van der Waals surface area contributed by atoms with Crippen LogP contribution < -0.4 is 11.1 Å². The molecular formula is C14H12ClN3O3. The number of halogens is 1. The number of nitrogens with two attached hydrogens (primary N) is 1. The minimum atomic E-state index is -0.528. The average molecular weight is 306 g/mol. The maximum absolute atomic E-state index is 12.1. The SMILES string of the molecule is COC(=O)c1ccc(Cl)c(NC(=O)c2ncccc2N)c1. The summed E-state index contributed by atoms with van der Waals surface area (Å²) in [5, 5.41) is 2.85. The quantitative estimate of drug-likeness (QED) is 0.849. The lowest BCUT2D eigenvalue weighted by Gasteiger charge is -2.09. The summed E-state index contributed by atoms with van der Waals surface area (Å²) in [5.41, 5.74) is 6.55. The third-order valence-electron chi connectivity index (χ3n) is 2.69. The highest BCUT2D eigenvalue weighted by molar-refractivity contribution is 6.34. The van der Waals surface area contributed by atoms with Crippen LogP contribution in [0.4, 0.5) is 11.4 Å². The monoisotopic (exact) mass is 305 g/mol. The molecule has 1 aromatic carbocycles. The number of benzene rings is 1. The van der Waals surface area contributed by atoms with Crippen LogP contribution in [0.5, 0.6) is 0 Å². The van der Waals surface area contributed by atoms with E-state index in [9.17, 15) is 9.59 Å². The molecule has 1 amide bonds. The maximum atomic E-state index is 12.1. The average Bonchev–Trinajstić information content (AvgIpc) is 2.49. The maximum Gasteiger partial charge on any atom is 0.337 e. The number of aromatic nitrogens is 1. The van der Waals surface area contributed by atoms with Gasteiger partial charge in [-0.3, -0.25) is 4.79 Å². The van der Waals surface area contributed by atoms with Gasteiger partial charge in [0, 0.05) is 6.20 Å². The van der Waals surface area contributed by atoms with Gasteiger partial charge in [0.15, 0.2) is 5.69 Å². The first-order valence-electron chi connectivity index (χ1n) is 5.92. The Kier molecular flexibility index (Phi) is 4.39. The molecule has 0 bridgehead atoms. The van der Waals surface area contributed by atoms with Gasteiger partial charge in [-0.25, -0.2) is 9.78 Å².